The minimum Gasteiger partial charge on any atom is -0.338 e. The molecule has 2 aromatic rings. The minimum absolute atomic E-state index is 0.141. The number of pyridine rings is 1. The molecule has 0 N–H and O–H groups in total. The van der Waals surface area contributed by atoms with Gasteiger partial charge in [-0.2, -0.15) is 13.2 Å². The van der Waals surface area contributed by atoms with Gasteiger partial charge < -0.3 is 4.90 Å². The number of rotatable bonds is 5. The van der Waals surface area contributed by atoms with Crippen LogP contribution in [0.2, 0.25) is 5.15 Å². The largest absolute Gasteiger partial charge is 0.416 e. The molecule has 8 heteroatoms. The summed E-state index contributed by atoms with van der Waals surface area (Å²) in [5.74, 6) is -0.302. The first-order chi connectivity index (χ1) is 14.7. The van der Waals surface area contributed by atoms with E-state index in [-0.39, 0.29) is 17.6 Å². The van der Waals surface area contributed by atoms with Gasteiger partial charge in [0.2, 0.25) is 0 Å². The standard InChI is InChI=1S/C23H18ClF3N2O2/c1-29(22(31)19-6-4-2-3-5-17(19)14-30)13-15-11-20(21(24)28-12-15)16-7-9-18(10-8-16)23(25,26)27/h2-5,7-12,14H,6,13H2,1H3. The molecule has 1 aromatic carbocycles. The van der Waals surface area contributed by atoms with E-state index < -0.39 is 11.7 Å². The zero-order valence-electron chi connectivity index (χ0n) is 16.5. The zero-order chi connectivity index (χ0) is 22.6. The Labute approximate surface area is 182 Å². The summed E-state index contributed by atoms with van der Waals surface area (Å²) in [4.78, 5) is 29.8. The van der Waals surface area contributed by atoms with Crippen LogP contribution in [0.25, 0.3) is 11.1 Å². The van der Waals surface area contributed by atoms with Crippen LogP contribution in [-0.4, -0.2) is 29.1 Å². The average Bonchev–Trinajstić information content (AvgIpc) is 2.99. The molecular weight excluding hydrogens is 429 g/mol. The number of aldehydes is 1. The van der Waals surface area contributed by atoms with Crippen molar-refractivity contribution in [2.75, 3.05) is 7.05 Å². The van der Waals surface area contributed by atoms with Crippen molar-refractivity contribution in [1.29, 1.82) is 0 Å². The van der Waals surface area contributed by atoms with E-state index in [9.17, 15) is 22.8 Å². The van der Waals surface area contributed by atoms with Crippen molar-refractivity contribution in [3.05, 3.63) is 88.3 Å². The molecule has 0 saturated heterocycles. The second-order valence-electron chi connectivity index (χ2n) is 6.96. The molecule has 0 unspecified atom stereocenters. The first-order valence-corrected chi connectivity index (χ1v) is 9.67. The lowest BCUT2D eigenvalue weighted by Crippen LogP contribution is -2.28. The summed E-state index contributed by atoms with van der Waals surface area (Å²) in [5, 5.41) is 0.141. The van der Waals surface area contributed by atoms with Crippen molar-refractivity contribution in [2.24, 2.45) is 0 Å². The smallest absolute Gasteiger partial charge is 0.338 e. The van der Waals surface area contributed by atoms with E-state index in [1.165, 1.54) is 23.2 Å². The summed E-state index contributed by atoms with van der Waals surface area (Å²) in [5.41, 5.74) is 1.53. The number of nitrogens with zero attached hydrogens (tertiary/aromatic N) is 2. The van der Waals surface area contributed by atoms with Gasteiger partial charge in [-0.3, -0.25) is 9.59 Å². The molecule has 1 aromatic heterocycles. The Morgan fingerprint density at radius 2 is 1.94 bits per heavy atom. The van der Waals surface area contributed by atoms with E-state index >= 15 is 0 Å². The number of aromatic nitrogens is 1. The molecule has 0 aliphatic heterocycles. The summed E-state index contributed by atoms with van der Waals surface area (Å²) >= 11 is 6.16. The molecule has 0 spiro atoms. The second-order valence-corrected chi connectivity index (χ2v) is 7.32. The number of alkyl halides is 3. The predicted octanol–water partition coefficient (Wildman–Crippen LogP) is 5.39. The fraction of sp³-hybridized carbons (Fsp3) is 0.174. The molecule has 0 saturated carbocycles. The zero-order valence-corrected chi connectivity index (χ0v) is 17.2. The van der Waals surface area contributed by atoms with Crippen molar-refractivity contribution in [3.8, 4) is 11.1 Å². The normalized spacial score (nSPS) is 13.8. The minimum atomic E-state index is -4.43. The van der Waals surface area contributed by atoms with Gasteiger partial charge in [-0.15, -0.1) is 0 Å². The fourth-order valence-electron chi connectivity index (χ4n) is 3.16. The number of benzene rings is 1. The van der Waals surface area contributed by atoms with Crippen LogP contribution in [0.5, 0.6) is 0 Å². The Hall–Kier alpha value is -3.19. The van der Waals surface area contributed by atoms with Gasteiger partial charge in [0.25, 0.3) is 5.91 Å². The van der Waals surface area contributed by atoms with E-state index in [2.05, 4.69) is 4.98 Å². The third-order valence-corrected chi connectivity index (χ3v) is 5.07. The molecule has 1 aliphatic carbocycles. The van der Waals surface area contributed by atoms with E-state index in [0.717, 1.165) is 12.1 Å². The van der Waals surface area contributed by atoms with Crippen molar-refractivity contribution in [3.63, 3.8) is 0 Å². The highest BCUT2D eigenvalue weighted by Gasteiger charge is 2.30. The summed E-state index contributed by atoms with van der Waals surface area (Å²) in [6.07, 6.45) is 4.90. The maximum absolute atomic E-state index is 12.9. The van der Waals surface area contributed by atoms with E-state index in [4.69, 9.17) is 11.6 Å². The Balaban J connectivity index is 1.84. The second kappa shape index (κ2) is 9.31. The Morgan fingerprint density at radius 3 is 2.58 bits per heavy atom. The molecule has 160 valence electrons. The number of carbonyl (C=O) groups is 2. The van der Waals surface area contributed by atoms with Crippen LogP contribution < -0.4 is 0 Å². The number of allylic oxidation sites excluding steroid dienone is 5. The third-order valence-electron chi connectivity index (χ3n) is 4.76. The molecule has 4 nitrogen and oxygen atoms in total. The number of likely N-dealkylation sites (N-methyl/N-ethyl adjacent to an activating group) is 1. The predicted molar refractivity (Wildman–Crippen MR) is 112 cm³/mol. The third kappa shape index (κ3) is 5.30. The van der Waals surface area contributed by atoms with Crippen molar-refractivity contribution in [1.82, 2.24) is 9.88 Å². The lowest BCUT2D eigenvalue weighted by atomic mass is 10.0. The Bertz CT molecular complexity index is 1090. The topological polar surface area (TPSA) is 50.3 Å². The van der Waals surface area contributed by atoms with Gasteiger partial charge >= 0.3 is 6.18 Å². The quantitative estimate of drug-likeness (QED) is 0.457. The number of halogens is 4. The molecule has 0 radical (unpaired) electrons. The first-order valence-electron chi connectivity index (χ1n) is 9.29. The number of carbonyl (C=O) groups excluding carboxylic acids is 2. The van der Waals surface area contributed by atoms with Gasteiger partial charge in [0.15, 0.2) is 6.29 Å². The van der Waals surface area contributed by atoms with Crippen LogP contribution in [0.3, 0.4) is 0 Å². The van der Waals surface area contributed by atoms with Crippen molar-refractivity contribution >= 4 is 23.8 Å². The molecule has 3 rings (SSSR count). The maximum Gasteiger partial charge on any atom is 0.416 e. The van der Waals surface area contributed by atoms with Gasteiger partial charge in [-0.1, -0.05) is 48.0 Å². The molecule has 0 fully saturated rings. The highest BCUT2D eigenvalue weighted by molar-refractivity contribution is 6.32. The van der Waals surface area contributed by atoms with Crippen molar-refractivity contribution in [2.45, 2.75) is 19.1 Å². The van der Waals surface area contributed by atoms with Gasteiger partial charge in [-0.05, 0) is 35.7 Å². The van der Waals surface area contributed by atoms with Crippen LogP contribution in [0.1, 0.15) is 17.5 Å². The van der Waals surface area contributed by atoms with Gasteiger partial charge in [0.1, 0.15) is 5.15 Å². The summed E-state index contributed by atoms with van der Waals surface area (Å²) < 4.78 is 38.4. The van der Waals surface area contributed by atoms with Crippen molar-refractivity contribution < 1.29 is 22.8 Å². The maximum atomic E-state index is 12.9. The highest BCUT2D eigenvalue weighted by Crippen LogP contribution is 2.33. The lowest BCUT2D eigenvalue weighted by Gasteiger charge is -2.20. The van der Waals surface area contributed by atoms with Crippen LogP contribution in [0, 0.1) is 0 Å². The first kappa shape index (κ1) is 22.5. The fourth-order valence-corrected chi connectivity index (χ4v) is 3.37. The Kier molecular flexibility index (Phi) is 6.75. The van der Waals surface area contributed by atoms with Crippen LogP contribution in [0.4, 0.5) is 13.2 Å². The highest BCUT2D eigenvalue weighted by atomic mass is 35.5. The monoisotopic (exact) mass is 446 g/mol. The molecule has 0 bridgehead atoms. The van der Waals surface area contributed by atoms with Gasteiger partial charge in [0.05, 0.1) is 5.56 Å². The average molecular weight is 447 g/mol. The molecule has 1 heterocycles. The summed E-state index contributed by atoms with van der Waals surface area (Å²) in [6, 6.07) is 6.30. The van der Waals surface area contributed by atoms with Crippen LogP contribution in [0.15, 0.2) is 72.0 Å². The molecule has 31 heavy (non-hydrogen) atoms. The van der Waals surface area contributed by atoms with E-state index in [1.807, 2.05) is 0 Å². The molecular formula is C23H18ClF3N2O2. The van der Waals surface area contributed by atoms with E-state index in [1.54, 1.807) is 37.4 Å². The van der Waals surface area contributed by atoms with Crippen LogP contribution >= 0.6 is 11.6 Å². The summed E-state index contributed by atoms with van der Waals surface area (Å²) in [7, 11) is 1.60. The molecule has 1 aliphatic rings. The summed E-state index contributed by atoms with van der Waals surface area (Å²) in [6.45, 7) is 0.180. The lowest BCUT2D eigenvalue weighted by molar-refractivity contribution is -0.137. The van der Waals surface area contributed by atoms with Gasteiger partial charge in [-0.25, -0.2) is 4.98 Å². The number of hydrogen-bond donors (Lipinski definition) is 0. The van der Waals surface area contributed by atoms with E-state index in [0.29, 0.717) is 40.5 Å². The molecule has 0 atom stereocenters. The van der Waals surface area contributed by atoms with Crippen LogP contribution in [-0.2, 0) is 22.3 Å². The number of amides is 1. The number of hydrogen-bond acceptors (Lipinski definition) is 3. The van der Waals surface area contributed by atoms with Gasteiger partial charge in [0, 0.05) is 36.5 Å². The Morgan fingerprint density at radius 1 is 1.23 bits per heavy atom. The SMILES string of the molecule is CN(Cc1cnc(Cl)c(-c2ccc(C(F)(F)F)cc2)c1)C(=O)C1=C(C=O)C=CC=CC1. The molecule has 1 amide bonds.